The third-order valence-corrected chi connectivity index (χ3v) is 2.03. The second kappa shape index (κ2) is 5.27. The number of phenolic OH excluding ortho intramolecular Hbond substituents is 1. The van der Waals surface area contributed by atoms with Gasteiger partial charge in [0.15, 0.2) is 0 Å². The highest BCUT2D eigenvalue weighted by atomic mass is 16.3. The minimum Gasteiger partial charge on any atom is -0.508 e. The van der Waals surface area contributed by atoms with Gasteiger partial charge in [-0.2, -0.15) is 0 Å². The summed E-state index contributed by atoms with van der Waals surface area (Å²) >= 11 is 0. The molecule has 1 rings (SSSR count). The molecule has 0 aliphatic rings. The van der Waals surface area contributed by atoms with Crippen LogP contribution in [0.15, 0.2) is 24.3 Å². The maximum absolute atomic E-state index is 10.9. The zero-order valence-corrected chi connectivity index (χ0v) is 8.29. The summed E-state index contributed by atoms with van der Waals surface area (Å²) in [7, 11) is 0. The summed E-state index contributed by atoms with van der Waals surface area (Å²) in [6.45, 7) is 2.39. The lowest BCUT2D eigenvalue weighted by Gasteiger charge is -2.05. The Bertz CT molecular complexity index is 310. The Morgan fingerprint density at radius 1 is 1.43 bits per heavy atom. The number of carbonyl (C=O) groups excluding carboxylic acids is 1. The first kappa shape index (κ1) is 10.6. The molecule has 0 aliphatic heterocycles. The van der Waals surface area contributed by atoms with Crippen molar-refractivity contribution in [3.05, 3.63) is 29.8 Å². The van der Waals surface area contributed by atoms with Crippen LogP contribution in [0.25, 0.3) is 0 Å². The first-order chi connectivity index (χ1) is 6.74. The number of aromatic hydroxyl groups is 1. The van der Waals surface area contributed by atoms with Crippen LogP contribution in [0.4, 0.5) is 0 Å². The third-order valence-electron chi connectivity index (χ3n) is 2.03. The Hall–Kier alpha value is -1.51. The average Bonchev–Trinajstić information content (AvgIpc) is 2.20. The van der Waals surface area contributed by atoms with Gasteiger partial charge >= 0.3 is 0 Å². The van der Waals surface area contributed by atoms with E-state index in [1.807, 2.05) is 19.1 Å². The molecule has 0 atom stereocenters. The number of hydrogen-bond acceptors (Lipinski definition) is 2. The van der Waals surface area contributed by atoms with Gasteiger partial charge in [-0.25, -0.2) is 0 Å². The molecule has 0 aromatic heterocycles. The topological polar surface area (TPSA) is 49.3 Å². The molecular weight excluding hydrogens is 178 g/mol. The Kier molecular flexibility index (Phi) is 3.98. The van der Waals surface area contributed by atoms with E-state index < -0.39 is 0 Å². The molecule has 1 aromatic rings. The van der Waals surface area contributed by atoms with E-state index >= 15 is 0 Å². The van der Waals surface area contributed by atoms with Crippen molar-refractivity contribution in [3.8, 4) is 5.75 Å². The van der Waals surface area contributed by atoms with Crippen LogP contribution < -0.4 is 5.32 Å². The van der Waals surface area contributed by atoms with Crippen LogP contribution in [-0.4, -0.2) is 17.6 Å². The lowest BCUT2D eigenvalue weighted by molar-refractivity contribution is -0.120. The van der Waals surface area contributed by atoms with Crippen molar-refractivity contribution in [1.82, 2.24) is 5.32 Å². The summed E-state index contributed by atoms with van der Waals surface area (Å²) in [4.78, 5) is 10.9. The molecule has 0 aliphatic carbocycles. The molecule has 0 bridgehead atoms. The van der Waals surface area contributed by atoms with Crippen molar-refractivity contribution >= 4 is 5.91 Å². The predicted octanol–water partition coefficient (Wildman–Crippen LogP) is 1.46. The van der Waals surface area contributed by atoms with Gasteiger partial charge in [0.2, 0.25) is 5.91 Å². The minimum absolute atomic E-state index is 0.0421. The van der Waals surface area contributed by atoms with Crippen molar-refractivity contribution < 1.29 is 9.90 Å². The quantitative estimate of drug-likeness (QED) is 0.760. The maximum Gasteiger partial charge on any atom is 0.219 e. The first-order valence-corrected chi connectivity index (χ1v) is 4.77. The number of amides is 1. The van der Waals surface area contributed by atoms with Gasteiger partial charge in [-0.05, 0) is 18.1 Å². The smallest absolute Gasteiger partial charge is 0.219 e. The molecule has 0 saturated carbocycles. The van der Waals surface area contributed by atoms with E-state index in [4.69, 9.17) is 0 Å². The van der Waals surface area contributed by atoms with E-state index in [2.05, 4.69) is 5.32 Å². The average molecular weight is 193 g/mol. The van der Waals surface area contributed by atoms with Crippen LogP contribution in [0.3, 0.4) is 0 Å². The number of para-hydroxylation sites is 1. The number of hydrogen-bond donors (Lipinski definition) is 2. The van der Waals surface area contributed by atoms with Crippen molar-refractivity contribution in [2.24, 2.45) is 0 Å². The van der Waals surface area contributed by atoms with E-state index in [-0.39, 0.29) is 5.91 Å². The van der Waals surface area contributed by atoms with Gasteiger partial charge in [0, 0.05) is 13.0 Å². The zero-order valence-electron chi connectivity index (χ0n) is 8.29. The molecule has 0 unspecified atom stereocenters. The molecule has 0 saturated heterocycles. The van der Waals surface area contributed by atoms with E-state index in [9.17, 15) is 9.90 Å². The van der Waals surface area contributed by atoms with Crippen LogP contribution in [0.5, 0.6) is 5.75 Å². The molecular formula is C11H15NO2. The number of nitrogens with one attached hydrogen (secondary N) is 1. The molecule has 1 aromatic carbocycles. The Morgan fingerprint density at radius 2 is 2.14 bits per heavy atom. The van der Waals surface area contributed by atoms with Gasteiger partial charge in [0.1, 0.15) is 5.75 Å². The van der Waals surface area contributed by atoms with Crippen molar-refractivity contribution in [2.75, 3.05) is 6.54 Å². The SMILES string of the molecule is CCC(=O)NCCc1ccccc1O. The Balaban J connectivity index is 2.39. The normalized spacial score (nSPS) is 9.79. The van der Waals surface area contributed by atoms with Crippen LogP contribution in [0, 0.1) is 0 Å². The lowest BCUT2D eigenvalue weighted by atomic mass is 10.1. The first-order valence-electron chi connectivity index (χ1n) is 4.77. The summed E-state index contributed by atoms with van der Waals surface area (Å²) in [5, 5.41) is 12.2. The van der Waals surface area contributed by atoms with Gasteiger partial charge in [0.05, 0.1) is 0 Å². The van der Waals surface area contributed by atoms with Gasteiger partial charge in [-0.15, -0.1) is 0 Å². The fourth-order valence-electron chi connectivity index (χ4n) is 1.18. The fourth-order valence-corrected chi connectivity index (χ4v) is 1.18. The number of rotatable bonds is 4. The van der Waals surface area contributed by atoms with Gasteiger partial charge in [0.25, 0.3) is 0 Å². The molecule has 3 nitrogen and oxygen atoms in total. The zero-order chi connectivity index (χ0) is 10.4. The van der Waals surface area contributed by atoms with E-state index in [1.165, 1.54) is 0 Å². The number of carbonyl (C=O) groups is 1. The van der Waals surface area contributed by atoms with Crippen LogP contribution in [0.1, 0.15) is 18.9 Å². The fraction of sp³-hybridized carbons (Fsp3) is 0.364. The minimum atomic E-state index is 0.0421. The van der Waals surface area contributed by atoms with Crippen molar-refractivity contribution in [3.63, 3.8) is 0 Å². The van der Waals surface area contributed by atoms with Gasteiger partial charge in [-0.1, -0.05) is 25.1 Å². The van der Waals surface area contributed by atoms with Crippen molar-refractivity contribution in [2.45, 2.75) is 19.8 Å². The Morgan fingerprint density at radius 3 is 2.79 bits per heavy atom. The highest BCUT2D eigenvalue weighted by molar-refractivity contribution is 5.75. The molecule has 3 heteroatoms. The van der Waals surface area contributed by atoms with Gasteiger partial charge < -0.3 is 10.4 Å². The van der Waals surface area contributed by atoms with Gasteiger partial charge in [-0.3, -0.25) is 4.79 Å². The molecule has 0 radical (unpaired) electrons. The van der Waals surface area contributed by atoms with E-state index in [0.717, 1.165) is 5.56 Å². The molecule has 0 heterocycles. The second-order valence-corrected chi connectivity index (χ2v) is 3.08. The highest BCUT2D eigenvalue weighted by Gasteiger charge is 2.00. The summed E-state index contributed by atoms with van der Waals surface area (Å²) in [5.41, 5.74) is 0.865. The number of phenols is 1. The summed E-state index contributed by atoms with van der Waals surface area (Å²) in [6.07, 6.45) is 1.17. The molecule has 0 fully saturated rings. The van der Waals surface area contributed by atoms with E-state index in [1.54, 1.807) is 12.1 Å². The summed E-state index contributed by atoms with van der Waals surface area (Å²) < 4.78 is 0. The summed E-state index contributed by atoms with van der Waals surface area (Å²) in [5.74, 6) is 0.332. The predicted molar refractivity (Wildman–Crippen MR) is 55.1 cm³/mol. The van der Waals surface area contributed by atoms with Crippen molar-refractivity contribution in [1.29, 1.82) is 0 Å². The highest BCUT2D eigenvalue weighted by Crippen LogP contribution is 2.15. The lowest BCUT2D eigenvalue weighted by Crippen LogP contribution is -2.24. The molecule has 14 heavy (non-hydrogen) atoms. The second-order valence-electron chi connectivity index (χ2n) is 3.08. The monoisotopic (exact) mass is 193 g/mol. The summed E-state index contributed by atoms with van der Waals surface area (Å²) in [6, 6.07) is 7.16. The largest absolute Gasteiger partial charge is 0.508 e. The maximum atomic E-state index is 10.9. The Labute approximate surface area is 83.8 Å². The number of benzene rings is 1. The third kappa shape index (κ3) is 3.09. The molecule has 0 spiro atoms. The van der Waals surface area contributed by atoms with Crippen LogP contribution in [-0.2, 0) is 11.2 Å². The molecule has 1 amide bonds. The molecule has 2 N–H and O–H groups in total. The standard InChI is InChI=1S/C11H15NO2/c1-2-11(14)12-8-7-9-5-3-4-6-10(9)13/h3-6,13H,2,7-8H2,1H3,(H,12,14). The van der Waals surface area contributed by atoms with Crippen LogP contribution in [0.2, 0.25) is 0 Å². The van der Waals surface area contributed by atoms with E-state index in [0.29, 0.717) is 25.1 Å². The van der Waals surface area contributed by atoms with Crippen LogP contribution >= 0.6 is 0 Å². The molecule has 76 valence electrons.